The van der Waals surface area contributed by atoms with E-state index in [1.165, 1.54) is 22.8 Å². The van der Waals surface area contributed by atoms with Gasteiger partial charge in [-0.05, 0) is 41.0 Å². The van der Waals surface area contributed by atoms with Crippen molar-refractivity contribution in [3.05, 3.63) is 64.7 Å². The molecule has 2 aliphatic heterocycles. The van der Waals surface area contributed by atoms with Crippen LogP contribution < -0.4 is 10.2 Å². The molecule has 1 amide bonds. The predicted octanol–water partition coefficient (Wildman–Crippen LogP) is 3.20. The quantitative estimate of drug-likeness (QED) is 0.915. The van der Waals surface area contributed by atoms with Crippen molar-refractivity contribution in [3.8, 4) is 0 Å². The fourth-order valence-corrected chi connectivity index (χ4v) is 4.15. The number of carbonyl (C=O) groups is 1. The lowest BCUT2D eigenvalue weighted by atomic mass is 10.1. The Hall–Kier alpha value is -1.98. The number of thioether (sulfide) groups is 1. The standard InChI is InChI=1S/C20H22N2O2S/c23-20(16-3-4-17-13-24-14-18(17)11-16)21-12-15-1-5-19(6-2-15)22-7-9-25-10-8-22/h1-6,11H,7-10,12-14H2,(H,21,23). The molecule has 5 heteroatoms. The minimum atomic E-state index is -0.0353. The molecule has 2 heterocycles. The summed E-state index contributed by atoms with van der Waals surface area (Å²) in [4.78, 5) is 14.8. The topological polar surface area (TPSA) is 41.6 Å². The average Bonchev–Trinajstić information content (AvgIpc) is 3.15. The second kappa shape index (κ2) is 7.50. The van der Waals surface area contributed by atoms with Gasteiger partial charge in [-0.25, -0.2) is 0 Å². The first kappa shape index (κ1) is 16.5. The summed E-state index contributed by atoms with van der Waals surface area (Å²) in [6, 6.07) is 14.3. The molecule has 0 unspecified atom stereocenters. The van der Waals surface area contributed by atoms with E-state index in [0.29, 0.717) is 25.3 Å². The predicted molar refractivity (Wildman–Crippen MR) is 102 cm³/mol. The van der Waals surface area contributed by atoms with E-state index in [0.717, 1.165) is 24.2 Å². The van der Waals surface area contributed by atoms with Crippen LogP contribution in [0.5, 0.6) is 0 Å². The average molecular weight is 354 g/mol. The lowest BCUT2D eigenvalue weighted by Crippen LogP contribution is -2.32. The van der Waals surface area contributed by atoms with Gasteiger partial charge in [-0.15, -0.1) is 0 Å². The number of benzene rings is 2. The maximum absolute atomic E-state index is 12.4. The maximum atomic E-state index is 12.4. The molecule has 2 aliphatic rings. The fourth-order valence-electron chi connectivity index (χ4n) is 3.24. The van der Waals surface area contributed by atoms with Gasteiger partial charge in [0.15, 0.2) is 0 Å². The van der Waals surface area contributed by atoms with Crippen LogP contribution in [0.25, 0.3) is 0 Å². The van der Waals surface area contributed by atoms with E-state index in [9.17, 15) is 4.79 Å². The highest BCUT2D eigenvalue weighted by Crippen LogP contribution is 2.21. The van der Waals surface area contributed by atoms with Crippen molar-refractivity contribution in [1.29, 1.82) is 0 Å². The van der Waals surface area contributed by atoms with Crippen molar-refractivity contribution in [2.75, 3.05) is 29.5 Å². The van der Waals surface area contributed by atoms with Crippen LogP contribution in [0, 0.1) is 0 Å². The van der Waals surface area contributed by atoms with Gasteiger partial charge in [-0.3, -0.25) is 4.79 Å². The van der Waals surface area contributed by atoms with Crippen molar-refractivity contribution in [3.63, 3.8) is 0 Å². The van der Waals surface area contributed by atoms with Crippen molar-refractivity contribution >= 4 is 23.4 Å². The van der Waals surface area contributed by atoms with E-state index < -0.39 is 0 Å². The summed E-state index contributed by atoms with van der Waals surface area (Å²) in [6.45, 7) is 4.03. The molecule has 2 aromatic rings. The summed E-state index contributed by atoms with van der Waals surface area (Å²) >= 11 is 2.02. The highest BCUT2D eigenvalue weighted by atomic mass is 32.2. The summed E-state index contributed by atoms with van der Waals surface area (Å²) in [6.07, 6.45) is 0. The highest BCUT2D eigenvalue weighted by molar-refractivity contribution is 7.99. The van der Waals surface area contributed by atoms with E-state index >= 15 is 0 Å². The zero-order valence-electron chi connectivity index (χ0n) is 14.2. The molecule has 1 saturated heterocycles. The smallest absolute Gasteiger partial charge is 0.251 e. The number of hydrogen-bond donors (Lipinski definition) is 1. The van der Waals surface area contributed by atoms with E-state index in [1.54, 1.807) is 0 Å². The molecular formula is C20H22N2O2S. The highest BCUT2D eigenvalue weighted by Gasteiger charge is 2.14. The number of anilines is 1. The SMILES string of the molecule is O=C(NCc1ccc(N2CCSCC2)cc1)c1ccc2c(c1)COC2. The summed E-state index contributed by atoms with van der Waals surface area (Å²) in [5, 5.41) is 3.01. The number of hydrogen-bond acceptors (Lipinski definition) is 4. The molecule has 2 aromatic carbocycles. The van der Waals surface area contributed by atoms with Crippen molar-refractivity contribution in [2.24, 2.45) is 0 Å². The number of rotatable bonds is 4. The van der Waals surface area contributed by atoms with Gasteiger partial charge in [0.2, 0.25) is 0 Å². The molecule has 0 spiro atoms. The van der Waals surface area contributed by atoms with Crippen LogP contribution in [0.4, 0.5) is 5.69 Å². The molecule has 25 heavy (non-hydrogen) atoms. The lowest BCUT2D eigenvalue weighted by Gasteiger charge is -2.28. The third kappa shape index (κ3) is 3.83. The first-order chi connectivity index (χ1) is 12.3. The summed E-state index contributed by atoms with van der Waals surface area (Å²) in [7, 11) is 0. The van der Waals surface area contributed by atoms with Gasteiger partial charge in [0.05, 0.1) is 13.2 Å². The van der Waals surface area contributed by atoms with Gasteiger partial charge in [0.1, 0.15) is 0 Å². The third-order valence-corrected chi connectivity index (χ3v) is 5.69. The van der Waals surface area contributed by atoms with Crippen LogP contribution in [0.15, 0.2) is 42.5 Å². The Bertz CT molecular complexity index is 755. The number of ether oxygens (including phenoxy) is 1. The van der Waals surface area contributed by atoms with Gasteiger partial charge < -0.3 is 15.0 Å². The van der Waals surface area contributed by atoms with Gasteiger partial charge in [-0.2, -0.15) is 11.8 Å². The lowest BCUT2D eigenvalue weighted by molar-refractivity contribution is 0.0950. The molecule has 1 fully saturated rings. The van der Waals surface area contributed by atoms with Gasteiger partial charge in [0, 0.05) is 42.4 Å². The van der Waals surface area contributed by atoms with E-state index in [1.807, 2.05) is 30.0 Å². The molecule has 1 N–H and O–H groups in total. The number of nitrogens with one attached hydrogen (secondary N) is 1. The normalized spacial score (nSPS) is 16.6. The zero-order valence-corrected chi connectivity index (χ0v) is 15.0. The first-order valence-electron chi connectivity index (χ1n) is 8.69. The molecule has 0 atom stereocenters. The Balaban J connectivity index is 1.35. The number of fused-ring (bicyclic) bond motifs is 1. The zero-order chi connectivity index (χ0) is 17.1. The van der Waals surface area contributed by atoms with E-state index in [4.69, 9.17) is 4.74 Å². The molecule has 4 rings (SSSR count). The van der Waals surface area contributed by atoms with Crippen molar-refractivity contribution in [2.45, 2.75) is 19.8 Å². The summed E-state index contributed by atoms with van der Waals surface area (Å²) in [5.74, 6) is 2.36. The van der Waals surface area contributed by atoms with Crippen LogP contribution in [-0.4, -0.2) is 30.5 Å². The van der Waals surface area contributed by atoms with E-state index in [2.05, 4.69) is 34.5 Å². The van der Waals surface area contributed by atoms with Crippen LogP contribution in [0.1, 0.15) is 27.0 Å². The van der Waals surface area contributed by atoms with Gasteiger partial charge in [-0.1, -0.05) is 18.2 Å². The molecule has 0 aromatic heterocycles. The molecular weight excluding hydrogens is 332 g/mol. The van der Waals surface area contributed by atoms with E-state index in [-0.39, 0.29) is 5.91 Å². The van der Waals surface area contributed by atoms with Crippen LogP contribution in [0.3, 0.4) is 0 Å². The Labute approximate surface area is 152 Å². The van der Waals surface area contributed by atoms with Crippen molar-refractivity contribution < 1.29 is 9.53 Å². The minimum Gasteiger partial charge on any atom is -0.372 e. The Morgan fingerprint density at radius 2 is 1.80 bits per heavy atom. The monoisotopic (exact) mass is 354 g/mol. The molecule has 0 saturated carbocycles. The second-order valence-corrected chi connectivity index (χ2v) is 7.65. The van der Waals surface area contributed by atoms with Crippen LogP contribution in [0.2, 0.25) is 0 Å². The summed E-state index contributed by atoms with van der Waals surface area (Å²) in [5.41, 5.74) is 5.40. The van der Waals surface area contributed by atoms with Crippen LogP contribution in [-0.2, 0) is 24.5 Å². The maximum Gasteiger partial charge on any atom is 0.251 e. The third-order valence-electron chi connectivity index (χ3n) is 4.75. The van der Waals surface area contributed by atoms with Crippen molar-refractivity contribution in [1.82, 2.24) is 5.32 Å². The van der Waals surface area contributed by atoms with Crippen LogP contribution >= 0.6 is 11.8 Å². The molecule has 130 valence electrons. The largest absolute Gasteiger partial charge is 0.372 e. The number of amides is 1. The molecule has 0 radical (unpaired) electrons. The Morgan fingerprint density at radius 1 is 1.04 bits per heavy atom. The number of carbonyl (C=O) groups excluding carboxylic acids is 1. The second-order valence-electron chi connectivity index (χ2n) is 6.42. The molecule has 4 nitrogen and oxygen atoms in total. The molecule has 0 aliphatic carbocycles. The first-order valence-corrected chi connectivity index (χ1v) is 9.84. The Morgan fingerprint density at radius 3 is 2.60 bits per heavy atom. The summed E-state index contributed by atoms with van der Waals surface area (Å²) < 4.78 is 5.40. The molecule has 0 bridgehead atoms. The fraction of sp³-hybridized carbons (Fsp3) is 0.350. The minimum absolute atomic E-state index is 0.0353. The van der Waals surface area contributed by atoms with Gasteiger partial charge in [0.25, 0.3) is 5.91 Å². The number of nitrogens with zero attached hydrogens (tertiary/aromatic N) is 1. The van der Waals surface area contributed by atoms with Gasteiger partial charge >= 0.3 is 0 Å². The Kier molecular flexibility index (Phi) is 4.95.